The van der Waals surface area contributed by atoms with Gasteiger partial charge in [0.05, 0.1) is 5.52 Å². The molecule has 174 valence electrons. The summed E-state index contributed by atoms with van der Waals surface area (Å²) >= 11 is 0. The quantitative estimate of drug-likeness (QED) is 0.404. The number of carbonyl (C=O) groups excluding carboxylic acids is 1. The second kappa shape index (κ2) is 10.5. The predicted molar refractivity (Wildman–Crippen MR) is 137 cm³/mol. The van der Waals surface area contributed by atoms with Crippen molar-refractivity contribution < 1.29 is 4.79 Å². The van der Waals surface area contributed by atoms with Crippen molar-refractivity contribution in [3.05, 3.63) is 90.8 Å². The monoisotopic (exact) mass is 453 g/mol. The molecule has 1 aliphatic heterocycles. The van der Waals surface area contributed by atoms with Gasteiger partial charge in [-0.1, -0.05) is 54.6 Å². The number of rotatable bonds is 8. The third kappa shape index (κ3) is 5.13. The van der Waals surface area contributed by atoms with Crippen molar-refractivity contribution in [1.29, 1.82) is 0 Å². The van der Waals surface area contributed by atoms with Gasteiger partial charge < -0.3 is 10.2 Å². The van der Waals surface area contributed by atoms with Gasteiger partial charge in [0.25, 0.3) is 5.91 Å². The standard InChI is InChI=1S/C28H31N5O/c34-28(26-22-24-12-6-8-17-33(24)30-26)29-15-7-9-16-31-18-20-32(21-19-31)27-14-5-4-13-25(27)23-10-2-1-3-11-23/h1-6,8,10-14,17,22H,7,9,15-16,18-21H2,(H,29,34). The summed E-state index contributed by atoms with van der Waals surface area (Å²) in [7, 11) is 0. The summed E-state index contributed by atoms with van der Waals surface area (Å²) in [5, 5.41) is 7.34. The van der Waals surface area contributed by atoms with E-state index in [2.05, 4.69) is 74.8 Å². The molecule has 0 saturated carbocycles. The van der Waals surface area contributed by atoms with Crippen molar-refractivity contribution in [2.75, 3.05) is 44.2 Å². The van der Waals surface area contributed by atoms with Crippen LogP contribution >= 0.6 is 0 Å². The third-order valence-corrected chi connectivity index (χ3v) is 6.49. The third-order valence-electron chi connectivity index (χ3n) is 6.49. The summed E-state index contributed by atoms with van der Waals surface area (Å²) in [6.45, 7) is 5.95. The molecule has 0 spiro atoms. The largest absolute Gasteiger partial charge is 0.368 e. The number of pyridine rings is 1. The highest BCUT2D eigenvalue weighted by Crippen LogP contribution is 2.31. The summed E-state index contributed by atoms with van der Waals surface area (Å²) in [5.41, 5.74) is 5.29. The van der Waals surface area contributed by atoms with Crippen LogP contribution in [-0.2, 0) is 0 Å². The van der Waals surface area contributed by atoms with E-state index in [0.717, 1.165) is 51.1 Å². The number of fused-ring (bicyclic) bond motifs is 1. The van der Waals surface area contributed by atoms with E-state index in [1.165, 1.54) is 16.8 Å². The number of carbonyl (C=O) groups is 1. The number of benzene rings is 2. The summed E-state index contributed by atoms with van der Waals surface area (Å²) in [4.78, 5) is 17.4. The normalized spacial score (nSPS) is 14.4. The van der Waals surface area contributed by atoms with Crippen molar-refractivity contribution in [2.24, 2.45) is 0 Å². The number of para-hydroxylation sites is 1. The number of piperazine rings is 1. The SMILES string of the molecule is O=C(NCCCCN1CCN(c2ccccc2-c2ccccc2)CC1)c1cc2ccccn2n1. The Labute approximate surface area is 200 Å². The van der Waals surface area contributed by atoms with Crippen LogP contribution in [-0.4, -0.2) is 59.7 Å². The molecule has 34 heavy (non-hydrogen) atoms. The number of unbranched alkanes of at least 4 members (excludes halogenated alkanes) is 1. The zero-order chi connectivity index (χ0) is 23.2. The zero-order valence-electron chi connectivity index (χ0n) is 19.4. The molecular weight excluding hydrogens is 422 g/mol. The van der Waals surface area contributed by atoms with Gasteiger partial charge in [-0.2, -0.15) is 5.10 Å². The maximum atomic E-state index is 12.4. The second-order valence-electron chi connectivity index (χ2n) is 8.77. The molecule has 1 amide bonds. The Morgan fingerprint density at radius 3 is 2.44 bits per heavy atom. The van der Waals surface area contributed by atoms with Crippen LogP contribution in [0.25, 0.3) is 16.6 Å². The molecule has 0 radical (unpaired) electrons. The molecule has 6 heteroatoms. The predicted octanol–water partition coefficient (Wildman–Crippen LogP) is 4.33. The van der Waals surface area contributed by atoms with Gasteiger partial charge in [0.15, 0.2) is 5.69 Å². The van der Waals surface area contributed by atoms with E-state index >= 15 is 0 Å². The van der Waals surface area contributed by atoms with Crippen LogP contribution in [0.2, 0.25) is 0 Å². The molecule has 1 aliphatic rings. The molecule has 5 rings (SSSR count). The highest BCUT2D eigenvalue weighted by atomic mass is 16.1. The maximum absolute atomic E-state index is 12.4. The van der Waals surface area contributed by atoms with Crippen molar-refractivity contribution in [3.8, 4) is 11.1 Å². The van der Waals surface area contributed by atoms with Gasteiger partial charge in [0, 0.05) is 50.2 Å². The number of aromatic nitrogens is 2. The number of hydrogen-bond acceptors (Lipinski definition) is 4. The molecule has 0 bridgehead atoms. The summed E-state index contributed by atoms with van der Waals surface area (Å²) in [5.74, 6) is -0.102. The number of nitrogens with zero attached hydrogens (tertiary/aromatic N) is 4. The average molecular weight is 454 g/mol. The Hall–Kier alpha value is -3.64. The molecule has 1 saturated heterocycles. The molecular formula is C28H31N5O. The van der Waals surface area contributed by atoms with Crippen molar-refractivity contribution in [2.45, 2.75) is 12.8 Å². The van der Waals surface area contributed by atoms with E-state index < -0.39 is 0 Å². The van der Waals surface area contributed by atoms with Crippen molar-refractivity contribution >= 4 is 17.1 Å². The van der Waals surface area contributed by atoms with E-state index in [4.69, 9.17) is 0 Å². The highest BCUT2D eigenvalue weighted by Gasteiger charge is 2.19. The van der Waals surface area contributed by atoms with E-state index in [1.54, 1.807) is 4.52 Å². The second-order valence-corrected chi connectivity index (χ2v) is 8.77. The molecule has 0 unspecified atom stereocenters. The fourth-order valence-corrected chi connectivity index (χ4v) is 4.63. The fraction of sp³-hybridized carbons (Fsp3) is 0.286. The van der Waals surface area contributed by atoms with E-state index in [-0.39, 0.29) is 5.91 Å². The van der Waals surface area contributed by atoms with Gasteiger partial charge in [-0.25, -0.2) is 4.52 Å². The minimum Gasteiger partial charge on any atom is -0.368 e. The zero-order valence-corrected chi connectivity index (χ0v) is 19.4. The molecule has 1 fully saturated rings. The first kappa shape index (κ1) is 22.2. The Morgan fingerprint density at radius 1 is 0.853 bits per heavy atom. The summed E-state index contributed by atoms with van der Waals surface area (Å²) in [6.07, 6.45) is 3.90. The average Bonchev–Trinajstić information content (AvgIpc) is 3.34. The molecule has 4 aromatic rings. The first-order valence-corrected chi connectivity index (χ1v) is 12.1. The van der Waals surface area contributed by atoms with E-state index in [9.17, 15) is 4.79 Å². The van der Waals surface area contributed by atoms with Crippen molar-refractivity contribution in [3.63, 3.8) is 0 Å². The van der Waals surface area contributed by atoms with Gasteiger partial charge in [0.1, 0.15) is 0 Å². The molecule has 1 N–H and O–H groups in total. The van der Waals surface area contributed by atoms with Gasteiger partial charge in [-0.05, 0) is 49.2 Å². The van der Waals surface area contributed by atoms with Gasteiger partial charge >= 0.3 is 0 Å². The number of anilines is 1. The summed E-state index contributed by atoms with van der Waals surface area (Å²) < 4.78 is 1.73. The Kier molecular flexibility index (Phi) is 6.86. The first-order valence-electron chi connectivity index (χ1n) is 12.1. The van der Waals surface area contributed by atoms with Gasteiger partial charge in [-0.15, -0.1) is 0 Å². The Balaban J connectivity index is 1.05. The van der Waals surface area contributed by atoms with Crippen LogP contribution in [0.5, 0.6) is 0 Å². The number of nitrogens with one attached hydrogen (secondary N) is 1. The van der Waals surface area contributed by atoms with Crippen LogP contribution in [0.4, 0.5) is 5.69 Å². The highest BCUT2D eigenvalue weighted by molar-refractivity contribution is 5.93. The number of amides is 1. The lowest BCUT2D eigenvalue weighted by Gasteiger charge is -2.37. The van der Waals surface area contributed by atoms with Crippen LogP contribution in [0.1, 0.15) is 23.3 Å². The number of hydrogen-bond donors (Lipinski definition) is 1. The lowest BCUT2D eigenvalue weighted by molar-refractivity contribution is 0.0947. The minimum absolute atomic E-state index is 0.102. The Morgan fingerprint density at radius 2 is 1.62 bits per heavy atom. The fourth-order valence-electron chi connectivity index (χ4n) is 4.63. The lowest BCUT2D eigenvalue weighted by Crippen LogP contribution is -2.46. The topological polar surface area (TPSA) is 52.9 Å². The summed E-state index contributed by atoms with van der Waals surface area (Å²) in [6, 6.07) is 27.0. The van der Waals surface area contributed by atoms with Crippen molar-refractivity contribution in [1.82, 2.24) is 19.8 Å². The molecule has 0 aliphatic carbocycles. The van der Waals surface area contributed by atoms with Gasteiger partial charge in [-0.3, -0.25) is 9.69 Å². The molecule has 6 nitrogen and oxygen atoms in total. The van der Waals surface area contributed by atoms with Crippen LogP contribution in [0.3, 0.4) is 0 Å². The smallest absolute Gasteiger partial charge is 0.271 e. The van der Waals surface area contributed by atoms with E-state index in [0.29, 0.717) is 12.2 Å². The minimum atomic E-state index is -0.102. The molecule has 0 atom stereocenters. The molecule has 2 aromatic heterocycles. The van der Waals surface area contributed by atoms with Crippen LogP contribution < -0.4 is 10.2 Å². The molecule has 3 heterocycles. The first-order chi connectivity index (χ1) is 16.8. The molecule has 2 aromatic carbocycles. The lowest BCUT2D eigenvalue weighted by atomic mass is 10.0. The van der Waals surface area contributed by atoms with Crippen LogP contribution in [0, 0.1) is 0 Å². The van der Waals surface area contributed by atoms with Gasteiger partial charge in [0.2, 0.25) is 0 Å². The Bertz CT molecular complexity index is 1190. The van der Waals surface area contributed by atoms with Crippen LogP contribution in [0.15, 0.2) is 85.1 Å². The maximum Gasteiger partial charge on any atom is 0.271 e. The van der Waals surface area contributed by atoms with E-state index in [1.807, 2.05) is 30.5 Å².